The van der Waals surface area contributed by atoms with Crippen molar-refractivity contribution in [2.45, 2.75) is 18.6 Å². The summed E-state index contributed by atoms with van der Waals surface area (Å²) in [6.45, 7) is 2.69. The zero-order chi connectivity index (χ0) is 12.0. The molecule has 1 unspecified atom stereocenters. The first-order valence-electron chi connectivity index (χ1n) is 4.86. The molecule has 1 atom stereocenters. The molecule has 4 nitrogen and oxygen atoms in total. The molecule has 0 N–H and O–H groups in total. The third-order valence-electron chi connectivity index (χ3n) is 1.93. The Morgan fingerprint density at radius 2 is 2.12 bits per heavy atom. The molecule has 1 aromatic carbocycles. The van der Waals surface area contributed by atoms with Gasteiger partial charge in [-0.3, -0.25) is 14.9 Å². The minimum absolute atomic E-state index is 0.0491. The van der Waals surface area contributed by atoms with Crippen molar-refractivity contribution in [1.82, 2.24) is 0 Å². The molecule has 0 aliphatic rings. The standard InChI is InChI=1S/C11H12NO3S/c1-2-11(13)16-10(8-12(14)15)9-6-4-3-5-7-9/h3-8,10H,2H2,1H3/q-1. The lowest BCUT2D eigenvalue weighted by atomic mass is 10.1. The first-order chi connectivity index (χ1) is 7.63. The third kappa shape index (κ3) is 3.94. The molecule has 0 heterocycles. The summed E-state index contributed by atoms with van der Waals surface area (Å²) in [6.07, 6.45) is 0.375. The number of hydrogen-bond donors (Lipinski definition) is 0. The average molecular weight is 238 g/mol. The van der Waals surface area contributed by atoms with E-state index in [1.807, 2.05) is 6.07 Å². The fourth-order valence-electron chi connectivity index (χ4n) is 1.16. The predicted molar refractivity (Wildman–Crippen MR) is 63.4 cm³/mol. The highest BCUT2D eigenvalue weighted by Crippen LogP contribution is 2.32. The molecular weight excluding hydrogens is 226 g/mol. The van der Waals surface area contributed by atoms with Crippen molar-refractivity contribution in [2.75, 3.05) is 0 Å². The monoisotopic (exact) mass is 238 g/mol. The lowest BCUT2D eigenvalue weighted by Gasteiger charge is -2.19. The van der Waals surface area contributed by atoms with Gasteiger partial charge in [-0.15, -0.1) is 16.7 Å². The number of benzene rings is 1. The van der Waals surface area contributed by atoms with Crippen molar-refractivity contribution >= 4 is 16.9 Å². The van der Waals surface area contributed by atoms with Crippen LogP contribution in [0.15, 0.2) is 30.3 Å². The van der Waals surface area contributed by atoms with Gasteiger partial charge >= 0.3 is 0 Å². The molecule has 0 saturated heterocycles. The van der Waals surface area contributed by atoms with E-state index in [0.29, 0.717) is 6.42 Å². The summed E-state index contributed by atoms with van der Waals surface area (Å²) in [5.41, 5.74) is 0.769. The van der Waals surface area contributed by atoms with Gasteiger partial charge < -0.3 is 0 Å². The van der Waals surface area contributed by atoms with Gasteiger partial charge in [-0.05, 0) is 11.8 Å². The molecular formula is C11H12NO3S-. The van der Waals surface area contributed by atoms with Gasteiger partial charge in [0, 0.05) is 6.42 Å². The molecule has 0 spiro atoms. The third-order valence-corrected chi connectivity index (χ3v) is 3.13. The van der Waals surface area contributed by atoms with Crippen molar-refractivity contribution in [1.29, 1.82) is 0 Å². The van der Waals surface area contributed by atoms with Crippen LogP contribution in [-0.4, -0.2) is 10.0 Å². The van der Waals surface area contributed by atoms with E-state index >= 15 is 0 Å². The summed E-state index contributed by atoms with van der Waals surface area (Å²) >= 11 is 0.990. The van der Waals surface area contributed by atoms with Crippen LogP contribution in [-0.2, 0) is 4.79 Å². The van der Waals surface area contributed by atoms with Crippen LogP contribution in [0.5, 0.6) is 0 Å². The maximum atomic E-state index is 11.3. The molecule has 0 aliphatic carbocycles. The second-order valence-electron chi connectivity index (χ2n) is 3.11. The Labute approximate surface area is 98.2 Å². The summed E-state index contributed by atoms with van der Waals surface area (Å²) in [4.78, 5) is 21.3. The summed E-state index contributed by atoms with van der Waals surface area (Å²) in [5.74, 6) is 0. The maximum absolute atomic E-state index is 11.3. The molecule has 86 valence electrons. The first-order valence-corrected chi connectivity index (χ1v) is 5.74. The van der Waals surface area contributed by atoms with E-state index in [2.05, 4.69) is 0 Å². The highest BCUT2D eigenvalue weighted by atomic mass is 32.2. The molecule has 0 aliphatic heterocycles. The largest absolute Gasteiger partial charge is 0.295 e. The van der Waals surface area contributed by atoms with E-state index in [9.17, 15) is 14.9 Å². The number of carbonyl (C=O) groups is 1. The number of nitro groups is 1. The van der Waals surface area contributed by atoms with Crippen LogP contribution in [0, 0.1) is 16.7 Å². The molecule has 0 fully saturated rings. The van der Waals surface area contributed by atoms with Gasteiger partial charge in [0.05, 0.1) is 0 Å². The first kappa shape index (κ1) is 12.6. The Kier molecular flexibility index (Phi) is 4.85. The van der Waals surface area contributed by atoms with Gasteiger partial charge in [0.2, 0.25) is 0 Å². The van der Waals surface area contributed by atoms with Crippen LogP contribution < -0.4 is 0 Å². The van der Waals surface area contributed by atoms with Crippen LogP contribution in [0.2, 0.25) is 0 Å². The summed E-state index contributed by atoms with van der Waals surface area (Å²) in [7, 11) is 0. The molecule has 16 heavy (non-hydrogen) atoms. The van der Waals surface area contributed by atoms with Crippen molar-refractivity contribution in [3.63, 3.8) is 0 Å². The van der Waals surface area contributed by atoms with Crippen LogP contribution in [0.3, 0.4) is 0 Å². The second-order valence-corrected chi connectivity index (χ2v) is 4.31. The van der Waals surface area contributed by atoms with Crippen LogP contribution in [0.4, 0.5) is 0 Å². The number of hydrogen-bond acceptors (Lipinski definition) is 4. The molecule has 1 rings (SSSR count). The number of carbonyl (C=O) groups excluding carboxylic acids is 1. The Morgan fingerprint density at radius 3 is 2.62 bits per heavy atom. The van der Waals surface area contributed by atoms with E-state index in [-0.39, 0.29) is 5.12 Å². The zero-order valence-electron chi connectivity index (χ0n) is 8.83. The Balaban J connectivity index is 2.79. The van der Waals surface area contributed by atoms with Crippen molar-refractivity contribution in [2.24, 2.45) is 0 Å². The lowest BCUT2D eigenvalue weighted by molar-refractivity contribution is -0.437. The van der Waals surface area contributed by atoms with E-state index in [0.717, 1.165) is 23.9 Å². The lowest BCUT2D eigenvalue weighted by Crippen LogP contribution is -2.06. The quantitative estimate of drug-likeness (QED) is 0.449. The van der Waals surface area contributed by atoms with Crippen LogP contribution in [0.1, 0.15) is 24.2 Å². The number of rotatable bonds is 5. The molecule has 0 radical (unpaired) electrons. The van der Waals surface area contributed by atoms with Gasteiger partial charge in [0.25, 0.3) is 0 Å². The molecule has 0 bridgehead atoms. The summed E-state index contributed by atoms with van der Waals surface area (Å²) < 4.78 is 0. The molecule has 0 amide bonds. The van der Waals surface area contributed by atoms with Crippen LogP contribution in [0.25, 0.3) is 0 Å². The average Bonchev–Trinajstić information content (AvgIpc) is 2.28. The Morgan fingerprint density at radius 1 is 1.50 bits per heavy atom. The van der Waals surface area contributed by atoms with Gasteiger partial charge in [0.15, 0.2) is 5.12 Å². The highest BCUT2D eigenvalue weighted by Gasteiger charge is 2.12. The molecule has 5 heteroatoms. The molecule has 0 aromatic heterocycles. The van der Waals surface area contributed by atoms with Crippen LogP contribution >= 0.6 is 11.8 Å². The van der Waals surface area contributed by atoms with E-state index in [1.165, 1.54) is 0 Å². The smallest absolute Gasteiger partial charge is 0.187 e. The van der Waals surface area contributed by atoms with Gasteiger partial charge in [-0.25, -0.2) is 0 Å². The predicted octanol–water partition coefficient (Wildman–Crippen LogP) is 2.84. The van der Waals surface area contributed by atoms with Crippen molar-refractivity contribution in [3.8, 4) is 0 Å². The SMILES string of the molecule is CCC(=O)SC([CH-][N+](=O)[O-])c1ccccc1. The van der Waals surface area contributed by atoms with Gasteiger partial charge in [-0.2, -0.15) is 0 Å². The summed E-state index contributed by atoms with van der Waals surface area (Å²) in [6, 6.07) is 8.99. The normalized spacial score (nSPS) is 11.8. The minimum atomic E-state index is -0.511. The van der Waals surface area contributed by atoms with Gasteiger partial charge in [0.1, 0.15) is 0 Å². The molecule has 0 saturated carbocycles. The number of nitrogens with zero attached hydrogens (tertiary/aromatic N) is 1. The fraction of sp³-hybridized carbons (Fsp3) is 0.273. The van der Waals surface area contributed by atoms with Gasteiger partial charge in [-0.1, -0.05) is 42.8 Å². The maximum Gasteiger partial charge on any atom is 0.187 e. The van der Waals surface area contributed by atoms with E-state index < -0.39 is 10.2 Å². The van der Waals surface area contributed by atoms with Crippen molar-refractivity contribution in [3.05, 3.63) is 52.6 Å². The Bertz CT molecular complexity index is 367. The zero-order valence-corrected chi connectivity index (χ0v) is 9.65. The highest BCUT2D eigenvalue weighted by molar-refractivity contribution is 8.13. The van der Waals surface area contributed by atoms with E-state index in [1.54, 1.807) is 31.2 Å². The number of thioether (sulfide) groups is 1. The fourth-order valence-corrected chi connectivity index (χ4v) is 2.07. The second kappa shape index (κ2) is 6.17. The van der Waals surface area contributed by atoms with Crippen molar-refractivity contribution < 1.29 is 9.72 Å². The summed E-state index contributed by atoms with van der Waals surface area (Å²) in [5, 5.41) is 9.92. The Hall–Kier alpha value is -1.49. The van der Waals surface area contributed by atoms with E-state index in [4.69, 9.17) is 0 Å². The minimum Gasteiger partial charge on any atom is -0.295 e. The topological polar surface area (TPSA) is 60.2 Å². The molecule has 1 aromatic rings.